The Morgan fingerprint density at radius 2 is 1.08 bits per heavy atom. The maximum atomic E-state index is 12.6. The molecular weight excluding hydrogens is 318 g/mol. The summed E-state index contributed by atoms with van der Waals surface area (Å²) in [5, 5.41) is 0. The second kappa shape index (κ2) is 11.2. The first kappa shape index (κ1) is 18.9. The molecule has 0 fully saturated rings. The molecule has 0 saturated carbocycles. The van der Waals surface area contributed by atoms with Gasteiger partial charge in [-0.05, 0) is 36.1 Å². The molecule has 0 aliphatic rings. The van der Waals surface area contributed by atoms with Crippen molar-refractivity contribution in [3.8, 4) is 0 Å². The maximum Gasteiger partial charge on any atom is 0.104 e. The number of ether oxygens (including phenoxy) is 1. The van der Waals surface area contributed by atoms with Crippen molar-refractivity contribution < 1.29 is 13.5 Å². The summed E-state index contributed by atoms with van der Waals surface area (Å²) in [6.07, 6.45) is 5.66. The lowest BCUT2D eigenvalue weighted by molar-refractivity contribution is 0.272. The maximum absolute atomic E-state index is 12.6. The van der Waals surface area contributed by atoms with Crippen molar-refractivity contribution in [3.63, 3.8) is 0 Å². The topological polar surface area (TPSA) is 9.23 Å². The zero-order chi connectivity index (χ0) is 17.7. The molecule has 25 heavy (non-hydrogen) atoms. The van der Waals surface area contributed by atoms with E-state index < -0.39 is 13.3 Å². The molecule has 2 rings (SSSR count). The van der Waals surface area contributed by atoms with Crippen LogP contribution >= 0.6 is 0 Å². The summed E-state index contributed by atoms with van der Waals surface area (Å²) in [4.78, 5) is 0. The number of hydrogen-bond donors (Lipinski definition) is 0. The van der Waals surface area contributed by atoms with Gasteiger partial charge in [0.2, 0.25) is 0 Å². The lowest BCUT2D eigenvalue weighted by atomic mass is 10.1. The largest absolute Gasteiger partial charge is 0.466 e. The summed E-state index contributed by atoms with van der Waals surface area (Å²) in [5.74, 6) is 1.40. The van der Waals surface area contributed by atoms with Crippen LogP contribution in [0.4, 0.5) is 8.78 Å². The van der Waals surface area contributed by atoms with E-state index in [-0.39, 0.29) is 0 Å². The van der Waals surface area contributed by atoms with Crippen molar-refractivity contribution in [2.75, 3.05) is 13.3 Å². The average Bonchev–Trinajstić information content (AvgIpc) is 2.66. The Balaban J connectivity index is 2.21. The second-order valence-corrected chi connectivity index (χ2v) is 5.73. The van der Waals surface area contributed by atoms with E-state index in [2.05, 4.69) is 0 Å². The fraction of sp³-hybridized carbons (Fsp3) is 0.273. The molecule has 0 radical (unpaired) electrons. The van der Waals surface area contributed by atoms with Gasteiger partial charge in [-0.3, -0.25) is 8.78 Å². The summed E-state index contributed by atoms with van der Waals surface area (Å²) in [6, 6.07) is 19.6. The first-order valence-corrected chi connectivity index (χ1v) is 8.63. The molecule has 132 valence electrons. The third-order valence-corrected chi connectivity index (χ3v) is 3.63. The van der Waals surface area contributed by atoms with Crippen molar-refractivity contribution in [1.82, 2.24) is 0 Å². The first-order chi connectivity index (χ1) is 12.3. The summed E-state index contributed by atoms with van der Waals surface area (Å²) in [6.45, 7) is -0.782. The molecule has 0 bridgehead atoms. The normalized spacial score (nSPS) is 12.2. The monoisotopic (exact) mass is 342 g/mol. The predicted octanol–water partition coefficient (Wildman–Crippen LogP) is 6.58. The van der Waals surface area contributed by atoms with Gasteiger partial charge in [0.1, 0.15) is 11.5 Å². The zero-order valence-corrected chi connectivity index (χ0v) is 14.3. The second-order valence-electron chi connectivity index (χ2n) is 5.73. The molecular formula is C22H24F2O. The van der Waals surface area contributed by atoms with Gasteiger partial charge in [-0.25, -0.2) is 0 Å². The SMILES string of the molecule is FCCCC(=Cc1ccccc1)OC(=Cc1ccccc1)CCCF. The molecule has 0 unspecified atom stereocenters. The molecule has 2 aromatic rings. The summed E-state index contributed by atoms with van der Waals surface area (Å²) in [5.41, 5.74) is 2.00. The highest BCUT2D eigenvalue weighted by Crippen LogP contribution is 2.22. The van der Waals surface area contributed by atoms with Gasteiger partial charge in [0, 0.05) is 12.8 Å². The minimum Gasteiger partial charge on any atom is -0.466 e. The van der Waals surface area contributed by atoms with E-state index in [0.29, 0.717) is 37.2 Å². The van der Waals surface area contributed by atoms with Crippen molar-refractivity contribution in [3.05, 3.63) is 83.3 Å². The number of rotatable bonds is 10. The summed E-state index contributed by atoms with van der Waals surface area (Å²) >= 11 is 0. The standard InChI is InChI=1S/C22H24F2O/c23-15-7-13-21(17-19-9-3-1-4-10-19)25-22(14-8-16-24)18-20-11-5-2-6-12-20/h1-6,9-12,17-18H,7-8,13-16H2. The Hall–Kier alpha value is -2.42. The van der Waals surface area contributed by atoms with Gasteiger partial charge in [-0.1, -0.05) is 60.7 Å². The molecule has 0 amide bonds. The van der Waals surface area contributed by atoms with Crippen LogP contribution in [-0.2, 0) is 4.74 Å². The molecule has 0 spiro atoms. The number of allylic oxidation sites excluding steroid dienone is 2. The quantitative estimate of drug-likeness (QED) is 0.443. The minimum absolute atomic E-state index is 0.391. The van der Waals surface area contributed by atoms with Crippen LogP contribution in [0.15, 0.2) is 72.2 Å². The van der Waals surface area contributed by atoms with Crippen LogP contribution in [0.25, 0.3) is 12.2 Å². The fourth-order valence-corrected chi connectivity index (χ4v) is 2.43. The highest BCUT2D eigenvalue weighted by Gasteiger charge is 2.06. The van der Waals surface area contributed by atoms with Gasteiger partial charge in [0.15, 0.2) is 0 Å². The van der Waals surface area contributed by atoms with Crippen LogP contribution < -0.4 is 0 Å². The van der Waals surface area contributed by atoms with Crippen molar-refractivity contribution in [2.45, 2.75) is 25.7 Å². The van der Waals surface area contributed by atoms with Crippen LogP contribution in [-0.4, -0.2) is 13.3 Å². The Kier molecular flexibility index (Phi) is 8.46. The summed E-state index contributed by atoms with van der Waals surface area (Å²) in [7, 11) is 0. The van der Waals surface area contributed by atoms with Crippen molar-refractivity contribution in [2.24, 2.45) is 0 Å². The molecule has 0 heterocycles. The van der Waals surface area contributed by atoms with Crippen molar-refractivity contribution in [1.29, 1.82) is 0 Å². The molecule has 0 N–H and O–H groups in total. The van der Waals surface area contributed by atoms with E-state index in [1.807, 2.05) is 72.8 Å². The van der Waals surface area contributed by atoms with Gasteiger partial charge < -0.3 is 4.74 Å². The molecule has 0 aliphatic carbocycles. The van der Waals surface area contributed by atoms with Crippen LogP contribution in [0.3, 0.4) is 0 Å². The van der Waals surface area contributed by atoms with E-state index in [1.54, 1.807) is 0 Å². The fourth-order valence-electron chi connectivity index (χ4n) is 2.43. The Morgan fingerprint density at radius 3 is 1.44 bits per heavy atom. The number of benzene rings is 2. The van der Waals surface area contributed by atoms with Gasteiger partial charge in [-0.15, -0.1) is 0 Å². The van der Waals surface area contributed by atoms with Crippen LogP contribution in [0.5, 0.6) is 0 Å². The molecule has 1 nitrogen and oxygen atoms in total. The van der Waals surface area contributed by atoms with Gasteiger partial charge >= 0.3 is 0 Å². The number of alkyl halides is 2. The van der Waals surface area contributed by atoms with Crippen LogP contribution in [0.2, 0.25) is 0 Å². The van der Waals surface area contributed by atoms with Crippen LogP contribution in [0.1, 0.15) is 36.8 Å². The first-order valence-electron chi connectivity index (χ1n) is 8.63. The highest BCUT2D eigenvalue weighted by molar-refractivity contribution is 5.54. The van der Waals surface area contributed by atoms with E-state index in [1.165, 1.54) is 0 Å². The molecule has 0 aromatic heterocycles. The molecule has 2 aromatic carbocycles. The third kappa shape index (κ3) is 7.34. The highest BCUT2D eigenvalue weighted by atomic mass is 19.1. The lowest BCUT2D eigenvalue weighted by Crippen LogP contribution is -1.96. The molecule has 0 aliphatic heterocycles. The average molecular weight is 342 g/mol. The van der Waals surface area contributed by atoms with E-state index >= 15 is 0 Å². The number of hydrogen-bond acceptors (Lipinski definition) is 1. The summed E-state index contributed by atoms with van der Waals surface area (Å²) < 4.78 is 31.3. The minimum atomic E-state index is -0.391. The third-order valence-electron chi connectivity index (χ3n) is 3.63. The van der Waals surface area contributed by atoms with Crippen LogP contribution in [0, 0.1) is 0 Å². The van der Waals surface area contributed by atoms with E-state index in [0.717, 1.165) is 11.1 Å². The Morgan fingerprint density at radius 1 is 0.680 bits per heavy atom. The van der Waals surface area contributed by atoms with Gasteiger partial charge in [-0.2, -0.15) is 0 Å². The van der Waals surface area contributed by atoms with Crippen molar-refractivity contribution >= 4 is 12.2 Å². The molecule has 0 saturated heterocycles. The predicted molar refractivity (Wildman–Crippen MR) is 100 cm³/mol. The smallest absolute Gasteiger partial charge is 0.104 e. The lowest BCUT2D eigenvalue weighted by Gasteiger charge is -2.13. The zero-order valence-electron chi connectivity index (χ0n) is 14.3. The Labute approximate surface area is 148 Å². The van der Waals surface area contributed by atoms with E-state index in [9.17, 15) is 8.78 Å². The molecule has 0 atom stereocenters. The van der Waals surface area contributed by atoms with Gasteiger partial charge in [0.25, 0.3) is 0 Å². The number of halogens is 2. The Bertz CT molecular complexity index is 603. The van der Waals surface area contributed by atoms with E-state index in [4.69, 9.17) is 4.74 Å². The molecule has 3 heteroatoms. The van der Waals surface area contributed by atoms with Gasteiger partial charge in [0.05, 0.1) is 13.3 Å².